The van der Waals surface area contributed by atoms with Gasteiger partial charge in [-0.25, -0.2) is 4.98 Å². The van der Waals surface area contributed by atoms with Gasteiger partial charge in [0, 0.05) is 29.7 Å². The summed E-state index contributed by atoms with van der Waals surface area (Å²) in [7, 11) is 0. The summed E-state index contributed by atoms with van der Waals surface area (Å²) in [5.41, 5.74) is 7.33. The maximum Gasteiger partial charge on any atom is 0.112 e. The molecule has 0 spiro atoms. The molecule has 0 bridgehead atoms. The minimum absolute atomic E-state index is 0.288. The molecule has 0 amide bonds. The molecule has 2 aliphatic rings. The SMILES string of the molecule is Cc1csc(C2C(N)CCN2C2CC2)n1. The molecule has 15 heavy (non-hydrogen) atoms. The second-order valence-electron chi connectivity index (χ2n) is 4.69. The Balaban J connectivity index is 1.87. The lowest BCUT2D eigenvalue weighted by Crippen LogP contribution is -2.33. The van der Waals surface area contributed by atoms with E-state index in [-0.39, 0.29) is 6.04 Å². The second-order valence-corrected chi connectivity index (χ2v) is 5.58. The van der Waals surface area contributed by atoms with Gasteiger partial charge in [0.05, 0.1) is 6.04 Å². The maximum atomic E-state index is 6.20. The number of aromatic nitrogens is 1. The van der Waals surface area contributed by atoms with Crippen molar-refractivity contribution in [3.05, 3.63) is 16.1 Å². The average molecular weight is 223 g/mol. The molecule has 3 rings (SSSR count). The number of nitrogens with zero attached hydrogens (tertiary/aromatic N) is 2. The fourth-order valence-corrected chi connectivity index (χ4v) is 3.48. The summed E-state index contributed by atoms with van der Waals surface area (Å²) in [6.45, 7) is 3.22. The van der Waals surface area contributed by atoms with Gasteiger partial charge in [-0.3, -0.25) is 4.90 Å². The van der Waals surface area contributed by atoms with Crippen LogP contribution in [0.25, 0.3) is 0 Å². The standard InChI is InChI=1S/C11H17N3S/c1-7-6-15-11(13-7)10-9(12)4-5-14(10)8-2-3-8/h6,8-10H,2-5,12H2,1H3. The van der Waals surface area contributed by atoms with Crippen molar-refractivity contribution in [3.8, 4) is 0 Å². The Bertz CT molecular complexity index is 358. The molecule has 1 aromatic rings. The van der Waals surface area contributed by atoms with Crippen molar-refractivity contribution in [1.29, 1.82) is 0 Å². The molecule has 1 saturated heterocycles. The van der Waals surface area contributed by atoms with Crippen molar-refractivity contribution in [1.82, 2.24) is 9.88 Å². The molecule has 1 aromatic heterocycles. The normalized spacial score (nSPS) is 32.4. The largest absolute Gasteiger partial charge is 0.326 e. The van der Waals surface area contributed by atoms with Crippen molar-refractivity contribution in [3.63, 3.8) is 0 Å². The van der Waals surface area contributed by atoms with Crippen molar-refractivity contribution >= 4 is 11.3 Å². The Hall–Kier alpha value is -0.450. The van der Waals surface area contributed by atoms with Gasteiger partial charge in [0.2, 0.25) is 0 Å². The van der Waals surface area contributed by atoms with Gasteiger partial charge < -0.3 is 5.73 Å². The van der Waals surface area contributed by atoms with Crippen LogP contribution in [0.5, 0.6) is 0 Å². The quantitative estimate of drug-likeness (QED) is 0.829. The van der Waals surface area contributed by atoms with E-state index in [0.29, 0.717) is 6.04 Å². The predicted octanol–water partition coefficient (Wildman–Crippen LogP) is 1.69. The van der Waals surface area contributed by atoms with Crippen LogP contribution in [0.4, 0.5) is 0 Å². The highest BCUT2D eigenvalue weighted by molar-refractivity contribution is 7.09. The third-order valence-electron chi connectivity index (χ3n) is 3.39. The van der Waals surface area contributed by atoms with Gasteiger partial charge in [0.1, 0.15) is 5.01 Å². The third-order valence-corrected chi connectivity index (χ3v) is 4.42. The number of aryl methyl sites for hydroxylation is 1. The van der Waals surface area contributed by atoms with E-state index in [4.69, 9.17) is 5.73 Å². The fraction of sp³-hybridized carbons (Fsp3) is 0.727. The summed E-state index contributed by atoms with van der Waals surface area (Å²) < 4.78 is 0. The molecular weight excluding hydrogens is 206 g/mol. The van der Waals surface area contributed by atoms with Crippen LogP contribution in [0.15, 0.2) is 5.38 Å². The highest BCUT2D eigenvalue weighted by Crippen LogP contribution is 2.40. The van der Waals surface area contributed by atoms with Gasteiger partial charge in [-0.15, -0.1) is 11.3 Å². The molecule has 0 radical (unpaired) electrons. The molecule has 1 saturated carbocycles. The van der Waals surface area contributed by atoms with E-state index in [9.17, 15) is 0 Å². The van der Waals surface area contributed by atoms with Gasteiger partial charge in [-0.2, -0.15) is 0 Å². The number of rotatable bonds is 2. The highest BCUT2D eigenvalue weighted by atomic mass is 32.1. The zero-order chi connectivity index (χ0) is 10.4. The van der Waals surface area contributed by atoms with E-state index >= 15 is 0 Å². The minimum atomic E-state index is 0.288. The number of hydrogen-bond acceptors (Lipinski definition) is 4. The van der Waals surface area contributed by atoms with Crippen LogP contribution in [0.1, 0.15) is 36.0 Å². The topological polar surface area (TPSA) is 42.1 Å². The molecule has 0 aromatic carbocycles. The Kier molecular flexibility index (Phi) is 2.30. The Labute approximate surface area is 94.3 Å². The first-order valence-electron chi connectivity index (χ1n) is 5.69. The van der Waals surface area contributed by atoms with Gasteiger partial charge >= 0.3 is 0 Å². The monoisotopic (exact) mass is 223 g/mol. The van der Waals surface area contributed by atoms with Crippen molar-refractivity contribution in [2.24, 2.45) is 5.73 Å². The molecule has 2 unspecified atom stereocenters. The van der Waals surface area contributed by atoms with Crippen molar-refractivity contribution < 1.29 is 0 Å². The molecule has 2 fully saturated rings. The lowest BCUT2D eigenvalue weighted by molar-refractivity contribution is 0.237. The van der Waals surface area contributed by atoms with Gasteiger partial charge in [0.25, 0.3) is 0 Å². The third kappa shape index (κ3) is 1.71. The van der Waals surface area contributed by atoms with Crippen LogP contribution >= 0.6 is 11.3 Å². The molecular formula is C11H17N3S. The lowest BCUT2D eigenvalue weighted by Gasteiger charge is -2.24. The van der Waals surface area contributed by atoms with Crippen molar-refractivity contribution in [2.75, 3.05) is 6.54 Å². The maximum absolute atomic E-state index is 6.20. The summed E-state index contributed by atoms with van der Waals surface area (Å²) in [6.07, 6.45) is 3.83. The van der Waals surface area contributed by atoms with E-state index in [0.717, 1.165) is 24.7 Å². The Morgan fingerprint density at radius 2 is 2.27 bits per heavy atom. The van der Waals surface area contributed by atoms with Crippen LogP contribution in [0.3, 0.4) is 0 Å². The first-order chi connectivity index (χ1) is 7.25. The summed E-state index contributed by atoms with van der Waals surface area (Å²) >= 11 is 1.77. The van der Waals surface area contributed by atoms with E-state index in [1.807, 2.05) is 0 Å². The zero-order valence-corrected chi connectivity index (χ0v) is 9.83. The average Bonchev–Trinajstić information content (AvgIpc) is 2.86. The first kappa shape index (κ1) is 9.75. The van der Waals surface area contributed by atoms with Gasteiger partial charge in [-0.05, 0) is 26.2 Å². The van der Waals surface area contributed by atoms with Crippen molar-refractivity contribution in [2.45, 2.75) is 44.3 Å². The van der Waals surface area contributed by atoms with E-state index < -0.39 is 0 Å². The second kappa shape index (κ2) is 3.54. The molecule has 3 nitrogen and oxygen atoms in total. The Morgan fingerprint density at radius 1 is 1.47 bits per heavy atom. The molecule has 4 heteroatoms. The zero-order valence-electron chi connectivity index (χ0n) is 9.02. The van der Waals surface area contributed by atoms with Crippen LogP contribution < -0.4 is 5.73 Å². The summed E-state index contributed by atoms with van der Waals surface area (Å²) in [5, 5.41) is 3.36. The van der Waals surface area contributed by atoms with E-state index in [2.05, 4.69) is 22.2 Å². The number of thiazole rings is 1. The predicted molar refractivity (Wildman–Crippen MR) is 61.9 cm³/mol. The highest BCUT2D eigenvalue weighted by Gasteiger charge is 2.42. The van der Waals surface area contributed by atoms with Crippen LogP contribution in [-0.2, 0) is 0 Å². The smallest absolute Gasteiger partial charge is 0.112 e. The summed E-state index contributed by atoms with van der Waals surface area (Å²) in [5.74, 6) is 0. The molecule has 82 valence electrons. The number of likely N-dealkylation sites (tertiary alicyclic amines) is 1. The molecule has 1 aliphatic heterocycles. The van der Waals surface area contributed by atoms with Crippen LogP contribution in [0, 0.1) is 6.92 Å². The molecule has 2 N–H and O–H groups in total. The Morgan fingerprint density at radius 3 is 2.87 bits per heavy atom. The lowest BCUT2D eigenvalue weighted by atomic mass is 10.1. The molecule has 2 heterocycles. The summed E-state index contributed by atoms with van der Waals surface area (Å²) in [6, 6.07) is 1.49. The molecule has 1 aliphatic carbocycles. The minimum Gasteiger partial charge on any atom is -0.326 e. The van der Waals surface area contributed by atoms with Gasteiger partial charge in [0.15, 0.2) is 0 Å². The van der Waals surface area contributed by atoms with E-state index in [1.165, 1.54) is 17.8 Å². The fourth-order valence-electron chi connectivity index (χ4n) is 2.49. The van der Waals surface area contributed by atoms with Gasteiger partial charge in [-0.1, -0.05) is 0 Å². The number of nitrogens with two attached hydrogens (primary N) is 1. The molecule has 2 atom stereocenters. The van der Waals surface area contributed by atoms with Crippen LogP contribution in [-0.4, -0.2) is 28.5 Å². The van der Waals surface area contributed by atoms with Crippen LogP contribution in [0.2, 0.25) is 0 Å². The summed E-state index contributed by atoms with van der Waals surface area (Å²) in [4.78, 5) is 7.17. The number of hydrogen-bond donors (Lipinski definition) is 1. The van der Waals surface area contributed by atoms with E-state index in [1.54, 1.807) is 11.3 Å². The first-order valence-corrected chi connectivity index (χ1v) is 6.57.